The van der Waals surface area contributed by atoms with E-state index in [9.17, 15) is 14.0 Å². The number of carbonyl (C=O) groups excluding carboxylic acids is 1. The lowest BCUT2D eigenvalue weighted by molar-refractivity contribution is -0.116. The Bertz CT molecular complexity index is 1020. The number of hydrogen-bond acceptors (Lipinski definition) is 3. The van der Waals surface area contributed by atoms with Gasteiger partial charge in [0.1, 0.15) is 18.1 Å². The van der Waals surface area contributed by atoms with Crippen LogP contribution in [0.5, 0.6) is 5.75 Å². The number of carbonyl (C=O) groups is 1. The van der Waals surface area contributed by atoms with Crippen molar-refractivity contribution in [2.75, 3.05) is 12.4 Å². The molecule has 0 saturated carbocycles. The first-order chi connectivity index (χ1) is 12.0. The highest BCUT2D eigenvalue weighted by atomic mass is 35.5. The number of ether oxygens (including phenoxy) is 1. The van der Waals surface area contributed by atoms with E-state index >= 15 is 0 Å². The largest absolute Gasteiger partial charge is 0.495 e. The zero-order valence-electron chi connectivity index (χ0n) is 13.3. The van der Waals surface area contributed by atoms with E-state index in [4.69, 9.17) is 16.3 Å². The lowest BCUT2D eigenvalue weighted by Crippen LogP contribution is -2.20. The summed E-state index contributed by atoms with van der Waals surface area (Å²) in [7, 11) is 1.50. The second kappa shape index (κ2) is 6.94. The molecule has 0 aliphatic rings. The van der Waals surface area contributed by atoms with E-state index in [-0.39, 0.29) is 23.3 Å². The minimum Gasteiger partial charge on any atom is -0.495 e. The molecule has 5 nitrogen and oxygen atoms in total. The fourth-order valence-electron chi connectivity index (χ4n) is 2.52. The van der Waals surface area contributed by atoms with E-state index in [2.05, 4.69) is 5.32 Å². The highest BCUT2D eigenvalue weighted by molar-refractivity contribution is 6.32. The zero-order chi connectivity index (χ0) is 18.0. The second-order valence-corrected chi connectivity index (χ2v) is 5.77. The van der Waals surface area contributed by atoms with Crippen LogP contribution in [0.25, 0.3) is 10.9 Å². The summed E-state index contributed by atoms with van der Waals surface area (Å²) in [6.45, 7) is -0.0357. The summed E-state index contributed by atoms with van der Waals surface area (Å²) in [6, 6.07) is 10.1. The lowest BCUT2D eigenvalue weighted by Gasteiger charge is -2.12. The van der Waals surface area contributed by atoms with Crippen LogP contribution >= 0.6 is 11.6 Å². The molecule has 0 saturated heterocycles. The van der Waals surface area contributed by atoms with Crippen molar-refractivity contribution in [2.45, 2.75) is 6.54 Å². The van der Waals surface area contributed by atoms with E-state index in [0.717, 1.165) is 6.07 Å². The van der Waals surface area contributed by atoms with Crippen molar-refractivity contribution in [2.24, 2.45) is 0 Å². The van der Waals surface area contributed by atoms with Crippen molar-refractivity contribution in [1.82, 2.24) is 4.57 Å². The SMILES string of the molecule is COc1ccc(NC(=O)Cn2ccc(=O)c3cc(F)ccc32)cc1Cl. The van der Waals surface area contributed by atoms with Crippen LogP contribution in [0, 0.1) is 5.82 Å². The molecular formula is C18H14ClFN2O3. The minimum atomic E-state index is -0.500. The van der Waals surface area contributed by atoms with Gasteiger partial charge in [-0.25, -0.2) is 4.39 Å². The molecule has 0 bridgehead atoms. The number of nitrogens with zero attached hydrogens (tertiary/aromatic N) is 1. The fraction of sp³-hybridized carbons (Fsp3) is 0.111. The molecule has 1 N–H and O–H groups in total. The molecule has 0 aliphatic heterocycles. The van der Waals surface area contributed by atoms with Crippen LogP contribution in [0.3, 0.4) is 0 Å². The van der Waals surface area contributed by atoms with E-state index in [0.29, 0.717) is 22.0 Å². The number of rotatable bonds is 4. The Labute approximate surface area is 147 Å². The predicted molar refractivity (Wildman–Crippen MR) is 94.8 cm³/mol. The lowest BCUT2D eigenvalue weighted by atomic mass is 10.2. The van der Waals surface area contributed by atoms with Gasteiger partial charge in [0.2, 0.25) is 5.91 Å². The number of hydrogen-bond donors (Lipinski definition) is 1. The molecule has 7 heteroatoms. The molecule has 3 aromatic rings. The van der Waals surface area contributed by atoms with Crippen molar-refractivity contribution < 1.29 is 13.9 Å². The van der Waals surface area contributed by atoms with Crippen LogP contribution in [0.15, 0.2) is 53.5 Å². The van der Waals surface area contributed by atoms with Gasteiger partial charge in [0, 0.05) is 23.3 Å². The van der Waals surface area contributed by atoms with E-state index in [1.54, 1.807) is 22.8 Å². The van der Waals surface area contributed by atoms with Gasteiger partial charge in [-0.15, -0.1) is 0 Å². The number of fused-ring (bicyclic) bond motifs is 1. The molecule has 1 heterocycles. The Kier molecular flexibility index (Phi) is 4.72. The van der Waals surface area contributed by atoms with E-state index in [1.165, 1.54) is 31.5 Å². The average molecular weight is 361 g/mol. The van der Waals surface area contributed by atoms with Crippen LogP contribution in [-0.4, -0.2) is 17.6 Å². The zero-order valence-corrected chi connectivity index (χ0v) is 14.0. The average Bonchev–Trinajstić information content (AvgIpc) is 2.58. The molecular weight excluding hydrogens is 347 g/mol. The monoisotopic (exact) mass is 360 g/mol. The number of methoxy groups -OCH3 is 1. The normalized spacial score (nSPS) is 10.7. The van der Waals surface area contributed by atoms with Gasteiger partial charge >= 0.3 is 0 Å². The summed E-state index contributed by atoms with van der Waals surface area (Å²) < 4.78 is 20.0. The molecule has 0 unspecified atom stereocenters. The molecule has 0 fully saturated rings. The number of aromatic nitrogens is 1. The fourth-order valence-corrected chi connectivity index (χ4v) is 2.78. The molecule has 0 aliphatic carbocycles. The highest BCUT2D eigenvalue weighted by Crippen LogP contribution is 2.27. The summed E-state index contributed by atoms with van der Waals surface area (Å²) in [6.07, 6.45) is 1.50. The number of halogens is 2. The van der Waals surface area contributed by atoms with Gasteiger partial charge in [-0.3, -0.25) is 9.59 Å². The maximum atomic E-state index is 13.3. The van der Waals surface area contributed by atoms with E-state index in [1.807, 2.05) is 0 Å². The van der Waals surface area contributed by atoms with Crippen LogP contribution in [0.1, 0.15) is 0 Å². The summed E-state index contributed by atoms with van der Waals surface area (Å²) in [5.74, 6) is -0.303. The third-order valence-electron chi connectivity index (χ3n) is 3.69. The van der Waals surface area contributed by atoms with Gasteiger partial charge < -0.3 is 14.6 Å². The first-order valence-corrected chi connectivity index (χ1v) is 7.78. The van der Waals surface area contributed by atoms with Gasteiger partial charge in [-0.1, -0.05) is 11.6 Å². The smallest absolute Gasteiger partial charge is 0.244 e. The first-order valence-electron chi connectivity index (χ1n) is 7.40. The predicted octanol–water partition coefficient (Wildman–Crippen LogP) is 3.44. The molecule has 0 spiro atoms. The van der Waals surface area contributed by atoms with Gasteiger partial charge in [0.25, 0.3) is 0 Å². The third-order valence-corrected chi connectivity index (χ3v) is 3.98. The summed E-state index contributed by atoms with van der Waals surface area (Å²) in [4.78, 5) is 24.1. The van der Waals surface area contributed by atoms with Gasteiger partial charge in [-0.05, 0) is 36.4 Å². The minimum absolute atomic E-state index is 0.0357. The summed E-state index contributed by atoms with van der Waals surface area (Å²) in [5.41, 5.74) is 0.706. The van der Waals surface area contributed by atoms with Crippen molar-refractivity contribution >= 4 is 34.1 Å². The van der Waals surface area contributed by atoms with Crippen LogP contribution in [-0.2, 0) is 11.3 Å². The van der Waals surface area contributed by atoms with Crippen LogP contribution in [0.4, 0.5) is 10.1 Å². The second-order valence-electron chi connectivity index (χ2n) is 5.37. The molecule has 3 rings (SSSR count). The molecule has 1 amide bonds. The Hall–Kier alpha value is -2.86. The number of pyridine rings is 1. The van der Waals surface area contributed by atoms with Crippen molar-refractivity contribution in [3.8, 4) is 5.75 Å². The maximum Gasteiger partial charge on any atom is 0.244 e. The van der Waals surface area contributed by atoms with E-state index < -0.39 is 5.82 Å². The van der Waals surface area contributed by atoms with Gasteiger partial charge in [0.05, 0.1) is 17.6 Å². The maximum absolute atomic E-state index is 13.3. The van der Waals surface area contributed by atoms with Gasteiger partial charge in [-0.2, -0.15) is 0 Å². The molecule has 25 heavy (non-hydrogen) atoms. The van der Waals surface area contributed by atoms with Crippen LogP contribution in [0.2, 0.25) is 5.02 Å². The Morgan fingerprint density at radius 2 is 2.04 bits per heavy atom. The summed E-state index contributed by atoms with van der Waals surface area (Å²) >= 11 is 6.03. The molecule has 1 aromatic heterocycles. The van der Waals surface area contributed by atoms with Crippen LogP contribution < -0.4 is 15.5 Å². The van der Waals surface area contributed by atoms with Crippen molar-refractivity contribution in [3.63, 3.8) is 0 Å². The molecule has 128 valence electrons. The van der Waals surface area contributed by atoms with Gasteiger partial charge in [0.15, 0.2) is 5.43 Å². The molecule has 2 aromatic carbocycles. The molecule has 0 atom stereocenters. The molecule has 0 radical (unpaired) electrons. The third kappa shape index (κ3) is 3.64. The Morgan fingerprint density at radius 1 is 1.24 bits per heavy atom. The number of amides is 1. The van der Waals surface area contributed by atoms with Crippen molar-refractivity contribution in [3.05, 3.63) is 69.7 Å². The Balaban J connectivity index is 1.84. The van der Waals surface area contributed by atoms with Crippen molar-refractivity contribution in [1.29, 1.82) is 0 Å². The Morgan fingerprint density at radius 3 is 2.76 bits per heavy atom. The quantitative estimate of drug-likeness (QED) is 0.775. The topological polar surface area (TPSA) is 60.3 Å². The number of anilines is 1. The summed E-state index contributed by atoms with van der Waals surface area (Å²) in [5, 5.41) is 3.33. The number of benzene rings is 2. The first kappa shape index (κ1) is 17.0. The number of nitrogens with one attached hydrogen (secondary N) is 1. The standard InChI is InChI=1S/C18H14ClFN2O3/c1-25-17-5-3-12(9-14(17)19)21-18(24)10-22-7-6-16(23)13-8-11(20)2-4-15(13)22/h2-9H,10H2,1H3,(H,21,24). The highest BCUT2D eigenvalue weighted by Gasteiger charge is 2.09.